The minimum Gasteiger partial charge on any atom is -0.487 e. The summed E-state index contributed by atoms with van der Waals surface area (Å²) in [7, 11) is 0. The molecule has 0 amide bonds. The zero-order chi connectivity index (χ0) is 15.9. The number of nitrogens with one attached hydrogen (secondary N) is 2. The molecular weight excluding hydrogens is 276 g/mol. The van der Waals surface area contributed by atoms with E-state index in [0.29, 0.717) is 12.1 Å². The van der Waals surface area contributed by atoms with Gasteiger partial charge < -0.3 is 20.1 Å². The Kier molecular flexibility index (Phi) is 6.52. The van der Waals surface area contributed by atoms with E-state index in [1.165, 1.54) is 5.56 Å². The number of fused-ring (bicyclic) bond motifs is 1. The molecule has 0 fully saturated rings. The lowest BCUT2D eigenvalue weighted by molar-refractivity contribution is 0.0768. The van der Waals surface area contributed by atoms with Crippen LogP contribution in [0.15, 0.2) is 18.2 Å². The fourth-order valence-corrected chi connectivity index (χ4v) is 2.62. The molecule has 2 atom stereocenters. The molecule has 124 valence electrons. The van der Waals surface area contributed by atoms with E-state index < -0.39 is 0 Å². The number of hydrogen-bond acceptors (Lipinski definition) is 4. The summed E-state index contributed by atoms with van der Waals surface area (Å²) in [6.07, 6.45) is 2.65. The third kappa shape index (κ3) is 5.50. The van der Waals surface area contributed by atoms with Gasteiger partial charge in [-0.15, -0.1) is 0 Å². The van der Waals surface area contributed by atoms with Crippen molar-refractivity contribution in [3.8, 4) is 5.75 Å². The van der Waals surface area contributed by atoms with Gasteiger partial charge in [0.15, 0.2) is 0 Å². The van der Waals surface area contributed by atoms with Crippen LogP contribution in [0.2, 0.25) is 0 Å². The highest BCUT2D eigenvalue weighted by molar-refractivity contribution is 5.59. The fourth-order valence-electron chi connectivity index (χ4n) is 2.62. The van der Waals surface area contributed by atoms with E-state index >= 15 is 0 Å². The van der Waals surface area contributed by atoms with Gasteiger partial charge in [-0.05, 0) is 64.8 Å². The zero-order valence-electron chi connectivity index (χ0n) is 14.3. The summed E-state index contributed by atoms with van der Waals surface area (Å²) in [5.74, 6) is 0.967. The Hall–Kier alpha value is -1.26. The molecule has 1 aromatic rings. The minimum atomic E-state index is 0.243. The number of rotatable bonds is 8. The van der Waals surface area contributed by atoms with Gasteiger partial charge >= 0.3 is 0 Å². The molecular formula is C18H30N2O2. The van der Waals surface area contributed by atoms with Crippen molar-refractivity contribution in [2.75, 3.05) is 25.0 Å². The minimum absolute atomic E-state index is 0.243. The van der Waals surface area contributed by atoms with E-state index in [0.717, 1.165) is 44.0 Å². The summed E-state index contributed by atoms with van der Waals surface area (Å²) in [6.45, 7) is 11.2. The molecule has 0 saturated carbocycles. The summed E-state index contributed by atoms with van der Waals surface area (Å²) in [4.78, 5) is 0. The highest BCUT2D eigenvalue weighted by Gasteiger charge is 2.15. The maximum atomic E-state index is 5.81. The SMILES string of the molecule is CC(Cc1ccc2c(c1)NCC(C)O2)NCCCOC(C)C. The Labute approximate surface area is 134 Å². The van der Waals surface area contributed by atoms with Crippen LogP contribution in [0.25, 0.3) is 0 Å². The number of benzene rings is 1. The standard InChI is InChI=1S/C18H30N2O2/c1-13(2)21-9-5-8-19-14(3)10-16-6-7-18-17(11-16)20-12-15(4)22-18/h6-7,11,13-15,19-20H,5,8-10,12H2,1-4H3. The van der Waals surface area contributed by atoms with Crippen molar-refractivity contribution in [3.63, 3.8) is 0 Å². The highest BCUT2D eigenvalue weighted by atomic mass is 16.5. The normalized spacial score (nSPS) is 18.5. The molecule has 0 bridgehead atoms. The van der Waals surface area contributed by atoms with E-state index in [-0.39, 0.29) is 6.10 Å². The van der Waals surface area contributed by atoms with Crippen molar-refractivity contribution in [1.29, 1.82) is 0 Å². The lowest BCUT2D eigenvalue weighted by Crippen LogP contribution is -2.30. The number of ether oxygens (including phenoxy) is 2. The molecule has 0 saturated heterocycles. The maximum absolute atomic E-state index is 5.81. The van der Waals surface area contributed by atoms with Crippen molar-refractivity contribution in [2.45, 2.75) is 58.8 Å². The molecule has 22 heavy (non-hydrogen) atoms. The molecule has 1 heterocycles. The second kappa shape index (κ2) is 8.39. The second-order valence-corrected chi connectivity index (χ2v) is 6.47. The summed E-state index contributed by atoms with van der Waals surface area (Å²) in [5.41, 5.74) is 2.45. The van der Waals surface area contributed by atoms with Gasteiger partial charge in [-0.3, -0.25) is 0 Å². The van der Waals surface area contributed by atoms with Crippen LogP contribution in [0.3, 0.4) is 0 Å². The zero-order valence-corrected chi connectivity index (χ0v) is 14.3. The van der Waals surface area contributed by atoms with Gasteiger partial charge in [0.05, 0.1) is 18.3 Å². The largest absolute Gasteiger partial charge is 0.487 e. The first kappa shape index (κ1) is 17.1. The Morgan fingerprint density at radius 3 is 2.95 bits per heavy atom. The van der Waals surface area contributed by atoms with Crippen molar-refractivity contribution < 1.29 is 9.47 Å². The second-order valence-electron chi connectivity index (χ2n) is 6.47. The Balaban J connectivity index is 1.74. The molecule has 1 aliphatic rings. The van der Waals surface area contributed by atoms with Gasteiger partial charge in [0.1, 0.15) is 11.9 Å². The van der Waals surface area contributed by atoms with Gasteiger partial charge in [0.25, 0.3) is 0 Å². The monoisotopic (exact) mass is 306 g/mol. The van der Waals surface area contributed by atoms with Crippen LogP contribution in [0.5, 0.6) is 5.75 Å². The van der Waals surface area contributed by atoms with Gasteiger partial charge in [-0.25, -0.2) is 0 Å². The molecule has 0 aliphatic carbocycles. The van der Waals surface area contributed by atoms with E-state index in [4.69, 9.17) is 9.47 Å². The third-order valence-corrected chi connectivity index (χ3v) is 3.76. The quantitative estimate of drug-likeness (QED) is 0.724. The topological polar surface area (TPSA) is 42.5 Å². The first-order valence-electron chi connectivity index (χ1n) is 8.43. The van der Waals surface area contributed by atoms with Gasteiger partial charge in [-0.2, -0.15) is 0 Å². The summed E-state index contributed by atoms with van der Waals surface area (Å²) in [5, 5.41) is 6.99. The van der Waals surface area contributed by atoms with Crippen LogP contribution in [0, 0.1) is 0 Å². The van der Waals surface area contributed by atoms with E-state index in [1.807, 2.05) is 0 Å². The molecule has 2 rings (SSSR count). The molecule has 4 nitrogen and oxygen atoms in total. The molecule has 4 heteroatoms. The Morgan fingerprint density at radius 2 is 2.18 bits per heavy atom. The lowest BCUT2D eigenvalue weighted by atomic mass is 10.1. The maximum Gasteiger partial charge on any atom is 0.142 e. The Bertz CT molecular complexity index is 462. The molecule has 0 spiro atoms. The number of hydrogen-bond donors (Lipinski definition) is 2. The third-order valence-electron chi connectivity index (χ3n) is 3.76. The van der Waals surface area contributed by atoms with Crippen molar-refractivity contribution >= 4 is 5.69 Å². The average Bonchev–Trinajstić information content (AvgIpc) is 2.46. The molecule has 2 N–H and O–H groups in total. The predicted octanol–water partition coefficient (Wildman–Crippen LogP) is 3.22. The van der Waals surface area contributed by atoms with Crippen LogP contribution < -0.4 is 15.4 Å². The van der Waals surface area contributed by atoms with Gasteiger partial charge in [0.2, 0.25) is 0 Å². The summed E-state index contributed by atoms with van der Waals surface area (Å²) < 4.78 is 11.4. The number of anilines is 1. The smallest absolute Gasteiger partial charge is 0.142 e. The van der Waals surface area contributed by atoms with Crippen LogP contribution in [0.1, 0.15) is 39.7 Å². The molecule has 0 aromatic heterocycles. The van der Waals surface area contributed by atoms with Crippen molar-refractivity contribution in [2.24, 2.45) is 0 Å². The lowest BCUT2D eigenvalue weighted by Gasteiger charge is -2.25. The average molecular weight is 306 g/mol. The molecule has 0 radical (unpaired) electrons. The van der Waals surface area contributed by atoms with Crippen LogP contribution >= 0.6 is 0 Å². The molecule has 1 aromatic carbocycles. The van der Waals surface area contributed by atoms with Crippen molar-refractivity contribution in [1.82, 2.24) is 5.32 Å². The van der Waals surface area contributed by atoms with Gasteiger partial charge in [0, 0.05) is 12.6 Å². The summed E-state index contributed by atoms with van der Waals surface area (Å²) in [6, 6.07) is 6.91. The highest BCUT2D eigenvalue weighted by Crippen LogP contribution is 2.30. The van der Waals surface area contributed by atoms with Crippen LogP contribution in [-0.4, -0.2) is 37.9 Å². The first-order chi connectivity index (χ1) is 10.5. The molecule has 2 unspecified atom stereocenters. The van der Waals surface area contributed by atoms with Crippen LogP contribution in [0.4, 0.5) is 5.69 Å². The van der Waals surface area contributed by atoms with Gasteiger partial charge in [-0.1, -0.05) is 6.07 Å². The van der Waals surface area contributed by atoms with E-state index in [1.54, 1.807) is 0 Å². The Morgan fingerprint density at radius 1 is 1.36 bits per heavy atom. The van der Waals surface area contributed by atoms with Crippen LogP contribution in [-0.2, 0) is 11.2 Å². The van der Waals surface area contributed by atoms with E-state index in [2.05, 4.69) is 56.5 Å². The fraction of sp³-hybridized carbons (Fsp3) is 0.667. The van der Waals surface area contributed by atoms with E-state index in [9.17, 15) is 0 Å². The predicted molar refractivity (Wildman–Crippen MR) is 91.9 cm³/mol. The first-order valence-corrected chi connectivity index (χ1v) is 8.43. The summed E-state index contributed by atoms with van der Waals surface area (Å²) >= 11 is 0. The van der Waals surface area contributed by atoms with Crippen molar-refractivity contribution in [3.05, 3.63) is 23.8 Å². The molecule has 1 aliphatic heterocycles.